The highest BCUT2D eigenvalue weighted by Crippen LogP contribution is 2.06. The van der Waals surface area contributed by atoms with Gasteiger partial charge < -0.3 is 19.6 Å². The maximum atomic E-state index is 12.2. The second-order valence-electron chi connectivity index (χ2n) is 4.42. The molecular weight excluding hydrogens is 258 g/mol. The summed E-state index contributed by atoms with van der Waals surface area (Å²) < 4.78 is 6.53. The number of aromatic nitrogens is 1. The van der Waals surface area contributed by atoms with Crippen LogP contribution in [0, 0.1) is 0 Å². The Kier molecular flexibility index (Phi) is 4.24. The predicted octanol–water partition coefficient (Wildman–Crippen LogP) is 1.07. The standard InChI is InChI=1S/C14H17N3O3/c1-2-16(9-12-4-3-7-20-12)14(19)10-17-8-11(15)5-6-13(17)18/h3-8H,2,9-10,15H2,1H3. The summed E-state index contributed by atoms with van der Waals surface area (Å²) in [5.41, 5.74) is 5.82. The number of pyridine rings is 1. The van der Waals surface area contributed by atoms with Crippen molar-refractivity contribution in [2.75, 3.05) is 12.3 Å². The van der Waals surface area contributed by atoms with E-state index in [1.807, 2.05) is 13.0 Å². The second-order valence-corrected chi connectivity index (χ2v) is 4.42. The quantitative estimate of drug-likeness (QED) is 0.885. The van der Waals surface area contributed by atoms with E-state index in [0.717, 1.165) is 0 Å². The van der Waals surface area contributed by atoms with Gasteiger partial charge in [-0.25, -0.2) is 0 Å². The summed E-state index contributed by atoms with van der Waals surface area (Å²) in [6, 6.07) is 6.45. The van der Waals surface area contributed by atoms with Crippen molar-refractivity contribution in [3.8, 4) is 0 Å². The first kappa shape index (κ1) is 13.9. The van der Waals surface area contributed by atoms with Crippen LogP contribution >= 0.6 is 0 Å². The van der Waals surface area contributed by atoms with Gasteiger partial charge in [-0.1, -0.05) is 0 Å². The Morgan fingerprint density at radius 1 is 1.40 bits per heavy atom. The molecule has 1 amide bonds. The van der Waals surface area contributed by atoms with Crippen LogP contribution < -0.4 is 11.3 Å². The second kappa shape index (κ2) is 6.10. The maximum absolute atomic E-state index is 12.2. The van der Waals surface area contributed by atoms with Crippen LogP contribution in [0.5, 0.6) is 0 Å². The summed E-state index contributed by atoms with van der Waals surface area (Å²) in [7, 11) is 0. The van der Waals surface area contributed by atoms with Crippen molar-refractivity contribution in [1.29, 1.82) is 0 Å². The normalized spacial score (nSPS) is 10.4. The van der Waals surface area contributed by atoms with Crippen LogP contribution in [0.25, 0.3) is 0 Å². The number of hydrogen-bond donors (Lipinski definition) is 1. The number of likely N-dealkylation sites (N-methyl/N-ethyl adjacent to an activating group) is 1. The predicted molar refractivity (Wildman–Crippen MR) is 74.9 cm³/mol. The molecule has 2 aromatic rings. The number of nitrogen functional groups attached to an aromatic ring is 1. The van der Waals surface area contributed by atoms with E-state index in [-0.39, 0.29) is 18.0 Å². The lowest BCUT2D eigenvalue weighted by atomic mass is 10.3. The van der Waals surface area contributed by atoms with Gasteiger partial charge in [0.25, 0.3) is 5.56 Å². The van der Waals surface area contributed by atoms with Crippen LogP contribution in [-0.2, 0) is 17.9 Å². The van der Waals surface area contributed by atoms with Crippen LogP contribution in [0.2, 0.25) is 0 Å². The molecule has 0 saturated carbocycles. The van der Waals surface area contributed by atoms with Gasteiger partial charge in [-0.2, -0.15) is 0 Å². The summed E-state index contributed by atoms with van der Waals surface area (Å²) in [6.45, 7) is 2.78. The van der Waals surface area contributed by atoms with Gasteiger partial charge >= 0.3 is 0 Å². The molecule has 2 heterocycles. The van der Waals surface area contributed by atoms with Gasteiger partial charge in [0, 0.05) is 24.5 Å². The summed E-state index contributed by atoms with van der Waals surface area (Å²) in [4.78, 5) is 25.5. The largest absolute Gasteiger partial charge is 0.467 e. The lowest BCUT2D eigenvalue weighted by molar-refractivity contribution is -0.132. The number of nitrogens with two attached hydrogens (primary N) is 1. The Hall–Kier alpha value is -2.50. The van der Waals surface area contributed by atoms with E-state index in [2.05, 4.69) is 0 Å². The zero-order valence-corrected chi connectivity index (χ0v) is 11.3. The molecule has 20 heavy (non-hydrogen) atoms. The van der Waals surface area contributed by atoms with Crippen molar-refractivity contribution in [2.24, 2.45) is 0 Å². The summed E-state index contributed by atoms with van der Waals surface area (Å²) in [5.74, 6) is 0.553. The highest BCUT2D eigenvalue weighted by Gasteiger charge is 2.14. The van der Waals surface area contributed by atoms with Crippen LogP contribution in [0.3, 0.4) is 0 Å². The Bertz CT molecular complexity index is 631. The molecule has 0 aromatic carbocycles. The van der Waals surface area contributed by atoms with Crippen molar-refractivity contribution in [2.45, 2.75) is 20.0 Å². The highest BCUT2D eigenvalue weighted by atomic mass is 16.3. The minimum absolute atomic E-state index is 0.0293. The number of carbonyl (C=O) groups excluding carboxylic acids is 1. The van der Waals surface area contributed by atoms with Gasteiger partial charge in [0.05, 0.1) is 12.8 Å². The van der Waals surface area contributed by atoms with Crippen LogP contribution in [-0.4, -0.2) is 21.9 Å². The summed E-state index contributed by atoms with van der Waals surface area (Å²) in [6.07, 6.45) is 3.04. The third kappa shape index (κ3) is 3.28. The lowest BCUT2D eigenvalue weighted by Gasteiger charge is -2.20. The molecule has 0 fully saturated rings. The van der Waals surface area contributed by atoms with Gasteiger partial charge in [0.2, 0.25) is 5.91 Å². The molecule has 0 atom stereocenters. The number of hydrogen-bond acceptors (Lipinski definition) is 4. The van der Waals surface area contributed by atoms with E-state index in [0.29, 0.717) is 24.5 Å². The van der Waals surface area contributed by atoms with E-state index < -0.39 is 0 Å². The van der Waals surface area contributed by atoms with Crippen molar-refractivity contribution in [3.63, 3.8) is 0 Å². The smallest absolute Gasteiger partial charge is 0.251 e. The van der Waals surface area contributed by atoms with E-state index in [1.165, 1.54) is 22.9 Å². The third-order valence-electron chi connectivity index (χ3n) is 2.97. The van der Waals surface area contributed by atoms with E-state index in [4.69, 9.17) is 10.2 Å². The average Bonchev–Trinajstić information content (AvgIpc) is 2.93. The summed E-state index contributed by atoms with van der Waals surface area (Å²) in [5, 5.41) is 0. The van der Waals surface area contributed by atoms with Crippen molar-refractivity contribution >= 4 is 11.6 Å². The van der Waals surface area contributed by atoms with Crippen molar-refractivity contribution < 1.29 is 9.21 Å². The molecule has 2 rings (SSSR count). The first-order chi connectivity index (χ1) is 9.60. The van der Waals surface area contributed by atoms with E-state index in [9.17, 15) is 9.59 Å². The molecule has 6 heteroatoms. The highest BCUT2D eigenvalue weighted by molar-refractivity contribution is 5.76. The fourth-order valence-electron chi connectivity index (χ4n) is 1.89. The van der Waals surface area contributed by atoms with Crippen LogP contribution in [0.4, 0.5) is 5.69 Å². The topological polar surface area (TPSA) is 81.5 Å². The molecule has 106 valence electrons. The number of furan rings is 1. The minimum atomic E-state index is -0.249. The number of anilines is 1. The maximum Gasteiger partial charge on any atom is 0.251 e. The van der Waals surface area contributed by atoms with Gasteiger partial charge in [0.1, 0.15) is 12.3 Å². The SMILES string of the molecule is CCN(Cc1ccco1)C(=O)Cn1cc(N)ccc1=O. The number of amides is 1. The molecule has 0 spiro atoms. The minimum Gasteiger partial charge on any atom is -0.467 e. The van der Waals surface area contributed by atoms with Crippen molar-refractivity contribution in [1.82, 2.24) is 9.47 Å². The van der Waals surface area contributed by atoms with E-state index in [1.54, 1.807) is 17.2 Å². The number of rotatable bonds is 5. The number of nitrogens with zero attached hydrogens (tertiary/aromatic N) is 2. The molecule has 0 unspecified atom stereocenters. The fourth-order valence-corrected chi connectivity index (χ4v) is 1.89. The molecule has 0 radical (unpaired) electrons. The van der Waals surface area contributed by atoms with Gasteiger partial charge in [-0.05, 0) is 25.1 Å². The molecule has 0 aliphatic carbocycles. The van der Waals surface area contributed by atoms with Gasteiger partial charge in [0.15, 0.2) is 0 Å². The average molecular weight is 275 g/mol. The van der Waals surface area contributed by atoms with E-state index >= 15 is 0 Å². The molecule has 2 N–H and O–H groups in total. The molecule has 2 aromatic heterocycles. The molecule has 0 aliphatic heterocycles. The van der Waals surface area contributed by atoms with Crippen molar-refractivity contribution in [3.05, 3.63) is 52.8 Å². The zero-order chi connectivity index (χ0) is 14.5. The summed E-state index contributed by atoms with van der Waals surface area (Å²) >= 11 is 0. The fraction of sp³-hybridized carbons (Fsp3) is 0.286. The third-order valence-corrected chi connectivity index (χ3v) is 2.97. The Morgan fingerprint density at radius 2 is 2.20 bits per heavy atom. The van der Waals surface area contributed by atoms with Crippen LogP contribution in [0.15, 0.2) is 45.9 Å². The Balaban J connectivity index is 2.09. The first-order valence-corrected chi connectivity index (χ1v) is 6.36. The lowest BCUT2D eigenvalue weighted by Crippen LogP contribution is -2.35. The zero-order valence-electron chi connectivity index (χ0n) is 11.3. The van der Waals surface area contributed by atoms with Crippen LogP contribution in [0.1, 0.15) is 12.7 Å². The molecule has 6 nitrogen and oxygen atoms in total. The monoisotopic (exact) mass is 275 g/mol. The molecule has 0 aliphatic rings. The molecule has 0 saturated heterocycles. The Labute approximate surface area is 116 Å². The number of carbonyl (C=O) groups is 1. The Morgan fingerprint density at radius 3 is 2.85 bits per heavy atom. The molecular formula is C14H17N3O3. The molecule has 0 bridgehead atoms. The van der Waals surface area contributed by atoms with Gasteiger partial charge in [-0.15, -0.1) is 0 Å². The van der Waals surface area contributed by atoms with Gasteiger partial charge in [-0.3, -0.25) is 9.59 Å². The first-order valence-electron chi connectivity index (χ1n) is 6.36.